The van der Waals surface area contributed by atoms with Crippen molar-refractivity contribution in [1.29, 1.82) is 0 Å². The van der Waals surface area contributed by atoms with Gasteiger partial charge in [0.2, 0.25) is 17.3 Å². The second-order valence-electron chi connectivity index (χ2n) is 6.31. The zero-order chi connectivity index (χ0) is 22.0. The largest absolute Gasteiger partial charge is 0.494 e. The Balaban J connectivity index is 0.000000268. The number of ether oxygens (including phenoxy) is 2. The van der Waals surface area contributed by atoms with Crippen molar-refractivity contribution in [2.45, 2.75) is 52.7 Å². The first-order valence-corrected chi connectivity index (χ1v) is 9.60. The molecule has 1 aromatic carbocycles. The van der Waals surface area contributed by atoms with Crippen LogP contribution in [0.3, 0.4) is 0 Å². The highest BCUT2D eigenvalue weighted by atomic mass is 19.2. The van der Waals surface area contributed by atoms with E-state index >= 15 is 0 Å². The van der Waals surface area contributed by atoms with Crippen LogP contribution in [0.5, 0.6) is 5.75 Å². The van der Waals surface area contributed by atoms with E-state index in [1.807, 2.05) is 20.8 Å². The smallest absolute Gasteiger partial charge is 0.226 e. The summed E-state index contributed by atoms with van der Waals surface area (Å²) in [6, 6.07) is 5.95. The lowest BCUT2D eigenvalue weighted by molar-refractivity contribution is -0.831. The molecule has 0 spiro atoms. The maximum absolute atomic E-state index is 13.1. The van der Waals surface area contributed by atoms with Crippen LogP contribution in [0, 0.1) is 18.6 Å². The lowest BCUT2D eigenvalue weighted by Gasteiger charge is -2.11. The molecule has 162 valence electrons. The molecule has 2 aromatic rings. The Morgan fingerprint density at radius 3 is 2.34 bits per heavy atom. The van der Waals surface area contributed by atoms with E-state index in [0.29, 0.717) is 6.10 Å². The van der Waals surface area contributed by atoms with Gasteiger partial charge in [-0.15, -0.1) is 0 Å². The van der Waals surface area contributed by atoms with Crippen LogP contribution in [0.25, 0.3) is 0 Å². The third-order valence-electron chi connectivity index (χ3n) is 4.12. The molecule has 1 aromatic heterocycles. The number of aryl methyl sites for hydroxylation is 1. The number of quaternary nitrogens is 1. The zero-order valence-corrected chi connectivity index (χ0v) is 17.8. The Morgan fingerprint density at radius 2 is 1.83 bits per heavy atom. The van der Waals surface area contributed by atoms with Crippen molar-refractivity contribution < 1.29 is 28.6 Å². The molecule has 0 amide bonds. The van der Waals surface area contributed by atoms with Crippen LogP contribution in [0.15, 0.2) is 29.1 Å². The van der Waals surface area contributed by atoms with Gasteiger partial charge in [0.15, 0.2) is 11.2 Å². The fraction of sp³-hybridized carbons (Fsp3) is 0.476. The summed E-state index contributed by atoms with van der Waals surface area (Å²) in [5.74, 6) is -2.10. The number of hydrogen-bond donors (Lipinski definition) is 2. The topological polar surface area (TPSA) is 77.2 Å². The van der Waals surface area contributed by atoms with Gasteiger partial charge in [0.25, 0.3) is 0 Å². The maximum Gasteiger partial charge on any atom is 0.226 e. The predicted octanol–water partition coefficient (Wildman–Crippen LogP) is 3.68. The quantitative estimate of drug-likeness (QED) is 0.592. The number of benzene rings is 1. The standard InChI is InChI=1S/C11H15NO2.C8H9F2NO2.C2H6/c1-7-5-9(13)6-10(12-7)11-4-3-8(2)14-11;1-12-6-4-3-5(11-13-2)7(9)8(6)10;1-2/h5-6,8,11H,3-4H2,1-2H3,(H,12,13);3-4,11H,1-2H3;1-2H3/p+1. The van der Waals surface area contributed by atoms with Crippen molar-refractivity contribution in [3.63, 3.8) is 0 Å². The summed E-state index contributed by atoms with van der Waals surface area (Å²) in [4.78, 5) is 19.0. The molecule has 2 heterocycles. The van der Waals surface area contributed by atoms with E-state index in [0.717, 1.165) is 29.7 Å². The summed E-state index contributed by atoms with van der Waals surface area (Å²) in [6.45, 7) is 7.96. The molecule has 1 aliphatic heterocycles. The number of nitrogens with two attached hydrogens (primary N) is 1. The molecule has 3 N–H and O–H groups in total. The molecule has 0 aliphatic carbocycles. The summed E-state index contributed by atoms with van der Waals surface area (Å²) >= 11 is 0. The van der Waals surface area contributed by atoms with Gasteiger partial charge in [-0.05, 0) is 32.8 Å². The summed E-state index contributed by atoms with van der Waals surface area (Å²) in [5.41, 5.74) is 3.05. The number of pyridine rings is 1. The first-order valence-electron chi connectivity index (χ1n) is 9.60. The first kappa shape index (κ1) is 24.7. The number of H-pyrrole nitrogens is 1. The van der Waals surface area contributed by atoms with Crippen LogP contribution < -0.4 is 15.6 Å². The van der Waals surface area contributed by atoms with E-state index < -0.39 is 11.6 Å². The van der Waals surface area contributed by atoms with Gasteiger partial charge in [0, 0.05) is 29.6 Å². The van der Waals surface area contributed by atoms with Crippen LogP contribution >= 0.6 is 0 Å². The SMILES string of the molecule is CC.CO[NH2+]c1ccc(OC)c(F)c1F.Cc1cc(=O)cc(C2CCC(C)O2)[nH]1. The average Bonchev–Trinajstić information content (AvgIpc) is 3.14. The molecule has 0 bridgehead atoms. The molecule has 0 radical (unpaired) electrons. The Morgan fingerprint density at radius 1 is 1.14 bits per heavy atom. The molecule has 2 atom stereocenters. The minimum atomic E-state index is -1.01. The van der Waals surface area contributed by atoms with E-state index in [4.69, 9.17) is 4.74 Å². The van der Waals surface area contributed by atoms with Gasteiger partial charge in [-0.1, -0.05) is 13.8 Å². The van der Waals surface area contributed by atoms with Crippen molar-refractivity contribution in [3.8, 4) is 5.75 Å². The van der Waals surface area contributed by atoms with E-state index in [1.54, 1.807) is 12.1 Å². The van der Waals surface area contributed by atoms with Gasteiger partial charge < -0.3 is 14.5 Å². The minimum absolute atomic E-state index is 0.0550. The van der Waals surface area contributed by atoms with Crippen molar-refractivity contribution in [1.82, 2.24) is 4.98 Å². The third kappa shape index (κ3) is 7.23. The number of rotatable bonds is 4. The molecule has 6 nitrogen and oxygen atoms in total. The van der Waals surface area contributed by atoms with Crippen LogP contribution in [0.1, 0.15) is 51.1 Å². The van der Waals surface area contributed by atoms with Gasteiger partial charge in [0.1, 0.15) is 0 Å². The van der Waals surface area contributed by atoms with Gasteiger partial charge in [-0.25, -0.2) is 4.84 Å². The second-order valence-corrected chi connectivity index (χ2v) is 6.31. The lowest BCUT2D eigenvalue weighted by atomic mass is 10.1. The van der Waals surface area contributed by atoms with E-state index in [1.165, 1.54) is 26.4 Å². The van der Waals surface area contributed by atoms with Gasteiger partial charge in [0.05, 0.1) is 26.4 Å². The molecule has 2 unspecified atom stereocenters. The number of aromatic amines is 1. The summed E-state index contributed by atoms with van der Waals surface area (Å²) in [6.07, 6.45) is 2.46. The zero-order valence-electron chi connectivity index (χ0n) is 17.8. The van der Waals surface area contributed by atoms with Gasteiger partial charge in [-0.3, -0.25) is 4.79 Å². The third-order valence-corrected chi connectivity index (χ3v) is 4.12. The Hall–Kier alpha value is -2.29. The van der Waals surface area contributed by atoms with Crippen molar-refractivity contribution in [2.24, 2.45) is 0 Å². The first-order chi connectivity index (χ1) is 13.8. The summed E-state index contributed by atoms with van der Waals surface area (Å²) in [5, 5.41) is 0. The van der Waals surface area contributed by atoms with Crippen molar-refractivity contribution >= 4 is 5.69 Å². The summed E-state index contributed by atoms with van der Waals surface area (Å²) in [7, 11) is 2.64. The van der Waals surface area contributed by atoms with Crippen LogP contribution in [0.2, 0.25) is 0 Å². The number of aromatic nitrogens is 1. The molecular formula is C21H31F2N2O4+. The van der Waals surface area contributed by atoms with Crippen LogP contribution in [-0.2, 0) is 9.57 Å². The number of nitrogens with one attached hydrogen (secondary N) is 1. The van der Waals surface area contributed by atoms with Gasteiger partial charge in [-0.2, -0.15) is 14.3 Å². The van der Waals surface area contributed by atoms with E-state index in [-0.39, 0.29) is 23.0 Å². The summed E-state index contributed by atoms with van der Waals surface area (Å²) < 4.78 is 36.4. The Kier molecular flexibility index (Phi) is 10.5. The Bertz CT molecular complexity index is 827. The normalized spacial score (nSPS) is 17.7. The lowest BCUT2D eigenvalue weighted by Crippen LogP contribution is -2.76. The number of hydrogen-bond acceptors (Lipinski definition) is 4. The molecular weight excluding hydrogens is 382 g/mol. The molecule has 1 fully saturated rings. The van der Waals surface area contributed by atoms with Crippen LogP contribution in [-0.4, -0.2) is 25.3 Å². The van der Waals surface area contributed by atoms with E-state index in [2.05, 4.69) is 21.5 Å². The monoisotopic (exact) mass is 413 g/mol. The van der Waals surface area contributed by atoms with Crippen LogP contribution in [0.4, 0.5) is 14.5 Å². The molecule has 0 saturated carbocycles. The number of halogens is 2. The highest BCUT2D eigenvalue weighted by Gasteiger charge is 2.24. The highest BCUT2D eigenvalue weighted by molar-refractivity contribution is 5.38. The second kappa shape index (κ2) is 12.3. The van der Waals surface area contributed by atoms with Crippen molar-refractivity contribution in [2.75, 3.05) is 14.2 Å². The fourth-order valence-corrected chi connectivity index (χ4v) is 2.84. The highest BCUT2D eigenvalue weighted by Crippen LogP contribution is 2.30. The molecule has 1 saturated heterocycles. The maximum atomic E-state index is 13.1. The minimum Gasteiger partial charge on any atom is -0.494 e. The predicted molar refractivity (Wildman–Crippen MR) is 107 cm³/mol. The molecule has 29 heavy (non-hydrogen) atoms. The molecule has 3 rings (SSSR count). The van der Waals surface area contributed by atoms with Crippen molar-refractivity contribution in [3.05, 3.63) is 57.5 Å². The molecule has 8 heteroatoms. The fourth-order valence-electron chi connectivity index (χ4n) is 2.84. The Labute approximate surface area is 170 Å². The molecule has 1 aliphatic rings. The van der Waals surface area contributed by atoms with Gasteiger partial charge >= 0.3 is 0 Å². The average molecular weight is 413 g/mol. The number of methoxy groups -OCH3 is 1. The van der Waals surface area contributed by atoms with E-state index in [9.17, 15) is 13.6 Å².